The highest BCUT2D eigenvalue weighted by molar-refractivity contribution is 5.79. The number of benzene rings is 2. The number of carbonyl (C=O) groups excluding carboxylic acids is 1. The van der Waals surface area contributed by atoms with E-state index in [4.69, 9.17) is 14.2 Å². The first-order valence-electron chi connectivity index (χ1n) is 12.1. The van der Waals surface area contributed by atoms with Crippen LogP contribution in [-0.4, -0.2) is 49.6 Å². The van der Waals surface area contributed by atoms with Gasteiger partial charge in [-0.15, -0.1) is 5.10 Å². The van der Waals surface area contributed by atoms with Gasteiger partial charge in [-0.1, -0.05) is 6.07 Å². The number of nitrogens with zero attached hydrogens (tertiary/aromatic N) is 3. The zero-order valence-electron chi connectivity index (χ0n) is 20.9. The van der Waals surface area contributed by atoms with Crippen molar-refractivity contribution in [1.29, 1.82) is 0 Å². The Balaban J connectivity index is 1.34. The van der Waals surface area contributed by atoms with Crippen LogP contribution >= 0.6 is 0 Å². The SMILES string of the molecule is CCOc1ccc(CNC(=O)C2CCN(c3ccc(=O)n(-c4ccc(OC)cc4)n3)CC2)cc1OC. The molecule has 1 N–H and O–H groups in total. The summed E-state index contributed by atoms with van der Waals surface area (Å²) >= 11 is 0. The number of methoxy groups -OCH3 is 2. The summed E-state index contributed by atoms with van der Waals surface area (Å²) in [5.74, 6) is 2.74. The van der Waals surface area contributed by atoms with Gasteiger partial charge in [-0.05, 0) is 67.8 Å². The predicted molar refractivity (Wildman–Crippen MR) is 137 cm³/mol. The number of nitrogens with one attached hydrogen (secondary N) is 1. The Kier molecular flexibility index (Phi) is 8.10. The zero-order chi connectivity index (χ0) is 25.5. The predicted octanol–water partition coefficient (Wildman–Crippen LogP) is 3.18. The van der Waals surface area contributed by atoms with Gasteiger partial charge in [-0.25, -0.2) is 0 Å². The Bertz CT molecular complexity index is 1230. The normalized spacial score (nSPS) is 13.8. The van der Waals surface area contributed by atoms with Gasteiger partial charge in [0, 0.05) is 31.6 Å². The minimum Gasteiger partial charge on any atom is -0.497 e. The van der Waals surface area contributed by atoms with Gasteiger partial charge in [-0.2, -0.15) is 4.68 Å². The molecule has 4 rings (SSSR count). The molecule has 1 aromatic heterocycles. The molecule has 0 radical (unpaired) electrons. The first-order valence-corrected chi connectivity index (χ1v) is 12.1. The fourth-order valence-electron chi connectivity index (χ4n) is 4.28. The number of piperidine rings is 1. The van der Waals surface area contributed by atoms with E-state index in [-0.39, 0.29) is 17.4 Å². The lowest BCUT2D eigenvalue weighted by Crippen LogP contribution is -2.41. The maximum atomic E-state index is 12.8. The molecular weight excluding hydrogens is 460 g/mol. The van der Waals surface area contributed by atoms with Crippen molar-refractivity contribution in [1.82, 2.24) is 15.1 Å². The van der Waals surface area contributed by atoms with Crippen LogP contribution in [0.5, 0.6) is 17.2 Å². The number of hydrogen-bond acceptors (Lipinski definition) is 7. The first-order chi connectivity index (χ1) is 17.5. The van der Waals surface area contributed by atoms with Crippen molar-refractivity contribution in [3.05, 3.63) is 70.5 Å². The summed E-state index contributed by atoms with van der Waals surface area (Å²) in [4.78, 5) is 27.3. The molecule has 190 valence electrons. The van der Waals surface area contributed by atoms with E-state index in [2.05, 4.69) is 15.3 Å². The standard InChI is InChI=1S/C27H32N4O5/c1-4-36-23-10-5-19(17-24(23)35-3)18-28-27(33)20-13-15-30(16-14-20)25-11-12-26(32)31(29-25)21-6-8-22(34-2)9-7-21/h5-12,17,20H,4,13-16,18H2,1-3H3,(H,28,33). The van der Waals surface area contributed by atoms with Crippen molar-refractivity contribution >= 4 is 11.7 Å². The number of rotatable bonds is 9. The van der Waals surface area contributed by atoms with Gasteiger partial charge in [0.05, 0.1) is 26.5 Å². The lowest BCUT2D eigenvalue weighted by atomic mass is 9.96. The molecule has 0 bridgehead atoms. The van der Waals surface area contributed by atoms with Gasteiger partial charge in [0.15, 0.2) is 11.5 Å². The number of anilines is 1. The van der Waals surface area contributed by atoms with Crippen molar-refractivity contribution in [3.8, 4) is 22.9 Å². The molecule has 9 heteroatoms. The minimum atomic E-state index is -0.205. The monoisotopic (exact) mass is 492 g/mol. The summed E-state index contributed by atoms with van der Waals surface area (Å²) in [7, 11) is 3.20. The highest BCUT2D eigenvalue weighted by Gasteiger charge is 2.26. The lowest BCUT2D eigenvalue weighted by molar-refractivity contribution is -0.125. The highest BCUT2D eigenvalue weighted by Crippen LogP contribution is 2.28. The van der Waals surface area contributed by atoms with Crippen molar-refractivity contribution in [2.45, 2.75) is 26.3 Å². The third-order valence-electron chi connectivity index (χ3n) is 6.29. The largest absolute Gasteiger partial charge is 0.497 e. The number of carbonyl (C=O) groups is 1. The number of ether oxygens (including phenoxy) is 3. The molecule has 0 aliphatic carbocycles. The second-order valence-electron chi connectivity index (χ2n) is 8.54. The molecule has 9 nitrogen and oxygen atoms in total. The molecule has 2 aromatic carbocycles. The van der Waals surface area contributed by atoms with E-state index in [1.807, 2.05) is 25.1 Å². The van der Waals surface area contributed by atoms with Gasteiger partial charge in [0.2, 0.25) is 5.91 Å². The molecule has 1 amide bonds. The Morgan fingerprint density at radius 1 is 1.00 bits per heavy atom. The van der Waals surface area contributed by atoms with E-state index in [1.165, 1.54) is 10.7 Å². The minimum absolute atomic E-state index is 0.0404. The van der Waals surface area contributed by atoms with E-state index in [0.717, 1.165) is 5.56 Å². The Labute approximate surface area is 210 Å². The van der Waals surface area contributed by atoms with Crippen molar-refractivity contribution in [2.24, 2.45) is 5.92 Å². The molecule has 2 heterocycles. The molecule has 0 saturated carbocycles. The van der Waals surface area contributed by atoms with Gasteiger partial charge in [-0.3, -0.25) is 9.59 Å². The fraction of sp³-hybridized carbons (Fsp3) is 0.370. The first kappa shape index (κ1) is 25.1. The van der Waals surface area contributed by atoms with Gasteiger partial charge < -0.3 is 24.4 Å². The average Bonchev–Trinajstić information content (AvgIpc) is 2.93. The molecule has 0 atom stereocenters. The summed E-state index contributed by atoms with van der Waals surface area (Å²) < 4.78 is 17.5. The molecule has 1 aliphatic rings. The smallest absolute Gasteiger partial charge is 0.271 e. The summed E-state index contributed by atoms with van der Waals surface area (Å²) in [5.41, 5.74) is 1.41. The van der Waals surface area contributed by atoms with E-state index in [1.54, 1.807) is 44.6 Å². The second kappa shape index (κ2) is 11.6. The highest BCUT2D eigenvalue weighted by atomic mass is 16.5. The third kappa shape index (κ3) is 5.79. The van der Waals surface area contributed by atoms with Crippen LogP contribution in [-0.2, 0) is 11.3 Å². The zero-order valence-corrected chi connectivity index (χ0v) is 20.9. The molecule has 1 aliphatic heterocycles. The Hall–Kier alpha value is -4.01. The van der Waals surface area contributed by atoms with Crippen molar-refractivity contribution in [2.75, 3.05) is 38.8 Å². The molecular formula is C27H32N4O5. The average molecular weight is 493 g/mol. The topological polar surface area (TPSA) is 94.9 Å². The van der Waals surface area contributed by atoms with Crippen LogP contribution in [0.25, 0.3) is 5.69 Å². The quantitative estimate of drug-likeness (QED) is 0.490. The lowest BCUT2D eigenvalue weighted by Gasteiger charge is -2.32. The maximum absolute atomic E-state index is 12.8. The number of amides is 1. The van der Waals surface area contributed by atoms with Crippen LogP contribution in [0, 0.1) is 5.92 Å². The van der Waals surface area contributed by atoms with Crippen LogP contribution in [0.4, 0.5) is 5.82 Å². The number of aromatic nitrogens is 2. The molecule has 0 unspecified atom stereocenters. The van der Waals surface area contributed by atoms with Crippen molar-refractivity contribution in [3.63, 3.8) is 0 Å². The van der Waals surface area contributed by atoms with Gasteiger partial charge in [0.1, 0.15) is 11.6 Å². The molecule has 3 aromatic rings. The second-order valence-corrected chi connectivity index (χ2v) is 8.54. The maximum Gasteiger partial charge on any atom is 0.271 e. The fourth-order valence-corrected chi connectivity index (χ4v) is 4.28. The number of hydrogen-bond donors (Lipinski definition) is 1. The summed E-state index contributed by atoms with van der Waals surface area (Å²) in [5, 5.41) is 7.62. The van der Waals surface area contributed by atoms with E-state index >= 15 is 0 Å². The molecule has 0 spiro atoms. The Morgan fingerprint density at radius 3 is 2.42 bits per heavy atom. The Morgan fingerprint density at radius 2 is 1.75 bits per heavy atom. The van der Waals surface area contributed by atoms with Crippen LogP contribution in [0.2, 0.25) is 0 Å². The summed E-state index contributed by atoms with van der Waals surface area (Å²) in [6.07, 6.45) is 1.42. The third-order valence-corrected chi connectivity index (χ3v) is 6.29. The van der Waals surface area contributed by atoms with Gasteiger partial charge >= 0.3 is 0 Å². The van der Waals surface area contributed by atoms with Crippen LogP contribution in [0.3, 0.4) is 0 Å². The molecule has 1 fully saturated rings. The van der Waals surface area contributed by atoms with Crippen LogP contribution < -0.4 is 30.0 Å². The summed E-state index contributed by atoms with van der Waals surface area (Å²) in [6.45, 7) is 4.28. The molecule has 1 saturated heterocycles. The van der Waals surface area contributed by atoms with E-state index < -0.39 is 0 Å². The van der Waals surface area contributed by atoms with E-state index in [9.17, 15) is 9.59 Å². The van der Waals surface area contributed by atoms with Crippen LogP contribution in [0.1, 0.15) is 25.3 Å². The van der Waals surface area contributed by atoms with Crippen molar-refractivity contribution < 1.29 is 19.0 Å². The van der Waals surface area contributed by atoms with Crippen LogP contribution in [0.15, 0.2) is 59.4 Å². The molecule has 36 heavy (non-hydrogen) atoms. The van der Waals surface area contributed by atoms with Gasteiger partial charge in [0.25, 0.3) is 5.56 Å². The summed E-state index contributed by atoms with van der Waals surface area (Å²) in [6, 6.07) is 16.1. The van der Waals surface area contributed by atoms with E-state index in [0.29, 0.717) is 67.8 Å².